The van der Waals surface area contributed by atoms with Crippen molar-refractivity contribution in [3.63, 3.8) is 0 Å². The molecule has 5 heterocycles. The van der Waals surface area contributed by atoms with Crippen molar-refractivity contribution >= 4 is 34.7 Å². The molecule has 0 aliphatic carbocycles. The number of amides is 3. The van der Waals surface area contributed by atoms with Crippen LogP contribution < -0.4 is 15.5 Å². The maximum absolute atomic E-state index is 12.7. The molecular formula is C26H32N8O4. The van der Waals surface area contributed by atoms with E-state index in [2.05, 4.69) is 41.5 Å². The number of anilines is 2. The van der Waals surface area contributed by atoms with E-state index in [1.807, 2.05) is 24.3 Å². The Morgan fingerprint density at radius 1 is 1.05 bits per heavy atom. The minimum atomic E-state index is -0.866. The zero-order valence-electron chi connectivity index (χ0n) is 21.1. The monoisotopic (exact) mass is 520 g/mol. The molecule has 1 aromatic carbocycles. The molecule has 3 aliphatic heterocycles. The number of urea groups is 1. The molecule has 1 atom stereocenters. The van der Waals surface area contributed by atoms with Crippen molar-refractivity contribution in [1.29, 1.82) is 0 Å². The minimum Gasteiger partial charge on any atom is -0.465 e. The van der Waals surface area contributed by atoms with Crippen LogP contribution in [0.25, 0.3) is 22.3 Å². The summed E-state index contributed by atoms with van der Waals surface area (Å²) in [5.74, 6) is 0.911. The van der Waals surface area contributed by atoms with Crippen LogP contribution >= 0.6 is 0 Å². The third kappa shape index (κ3) is 5.09. The van der Waals surface area contributed by atoms with Crippen LogP contribution in [0.15, 0.2) is 36.7 Å². The lowest BCUT2D eigenvalue weighted by atomic mass is 10.0. The topological polar surface area (TPSA) is 139 Å². The highest BCUT2D eigenvalue weighted by molar-refractivity contribution is 5.93. The Morgan fingerprint density at radius 3 is 2.61 bits per heavy atom. The predicted octanol–water partition coefficient (Wildman–Crippen LogP) is 2.41. The Kier molecular flexibility index (Phi) is 6.73. The highest BCUT2D eigenvalue weighted by Crippen LogP contribution is 2.29. The quantitative estimate of drug-likeness (QED) is 0.402. The number of carbonyl (C=O) groups is 2. The van der Waals surface area contributed by atoms with Crippen molar-refractivity contribution in [1.82, 2.24) is 30.1 Å². The number of nitrogens with zero attached hydrogens (tertiary/aromatic N) is 5. The highest BCUT2D eigenvalue weighted by Gasteiger charge is 2.37. The first-order valence-corrected chi connectivity index (χ1v) is 13.1. The van der Waals surface area contributed by atoms with Gasteiger partial charge in [-0.3, -0.25) is 4.90 Å². The normalized spacial score (nSPS) is 20.8. The predicted molar refractivity (Wildman–Crippen MR) is 142 cm³/mol. The van der Waals surface area contributed by atoms with Gasteiger partial charge in [0.05, 0.1) is 18.6 Å². The van der Waals surface area contributed by atoms with Crippen LogP contribution in [0.5, 0.6) is 0 Å². The van der Waals surface area contributed by atoms with E-state index in [1.54, 1.807) is 6.33 Å². The number of aromatic nitrogens is 3. The summed E-state index contributed by atoms with van der Waals surface area (Å²) in [6, 6.07) is 9.82. The lowest BCUT2D eigenvalue weighted by Gasteiger charge is -2.46. The molecular weight excluding hydrogens is 488 g/mol. The average molecular weight is 521 g/mol. The fourth-order valence-electron chi connectivity index (χ4n) is 5.49. The molecule has 38 heavy (non-hydrogen) atoms. The maximum Gasteiger partial charge on any atom is 0.407 e. The minimum absolute atomic E-state index is 0.0371. The largest absolute Gasteiger partial charge is 0.465 e. The van der Waals surface area contributed by atoms with E-state index in [-0.39, 0.29) is 18.1 Å². The van der Waals surface area contributed by atoms with Gasteiger partial charge in [-0.05, 0) is 43.1 Å². The molecule has 3 aromatic rings. The first-order valence-electron chi connectivity index (χ1n) is 13.1. The second-order valence-electron chi connectivity index (χ2n) is 10.1. The lowest BCUT2D eigenvalue weighted by molar-refractivity contribution is 0.0222. The van der Waals surface area contributed by atoms with Crippen molar-refractivity contribution in [2.24, 2.45) is 0 Å². The Balaban J connectivity index is 1.06. The third-order valence-corrected chi connectivity index (χ3v) is 7.61. The molecule has 1 unspecified atom stereocenters. The number of benzene rings is 1. The van der Waals surface area contributed by atoms with Crippen LogP contribution in [0.1, 0.15) is 12.8 Å². The Labute approximate surface area is 220 Å². The maximum atomic E-state index is 12.7. The van der Waals surface area contributed by atoms with E-state index in [0.29, 0.717) is 32.0 Å². The number of carbonyl (C=O) groups excluding carboxylic acids is 1. The third-order valence-electron chi connectivity index (χ3n) is 7.61. The molecule has 3 saturated heterocycles. The van der Waals surface area contributed by atoms with Gasteiger partial charge in [-0.2, -0.15) is 0 Å². The van der Waals surface area contributed by atoms with Gasteiger partial charge in [-0.15, -0.1) is 0 Å². The number of morpholine rings is 1. The smallest absolute Gasteiger partial charge is 0.407 e. The van der Waals surface area contributed by atoms with Gasteiger partial charge >= 0.3 is 12.1 Å². The van der Waals surface area contributed by atoms with E-state index in [1.165, 1.54) is 4.90 Å². The zero-order chi connectivity index (χ0) is 26.1. The van der Waals surface area contributed by atoms with Gasteiger partial charge in [0.1, 0.15) is 17.8 Å². The number of carboxylic acid groups (broad SMARTS) is 1. The number of hydrogen-bond donors (Lipinski definition) is 4. The molecule has 12 nitrogen and oxygen atoms in total. The summed E-state index contributed by atoms with van der Waals surface area (Å²) in [5.41, 5.74) is 3.42. The molecule has 3 aliphatic rings. The van der Waals surface area contributed by atoms with E-state index in [0.717, 1.165) is 67.1 Å². The van der Waals surface area contributed by atoms with Gasteiger partial charge < -0.3 is 35.3 Å². The molecule has 2 aromatic heterocycles. The van der Waals surface area contributed by atoms with Crippen LogP contribution in [0.2, 0.25) is 0 Å². The average Bonchev–Trinajstić information content (AvgIpc) is 3.33. The standard InChI is InChI=1S/C26H32N8O4/c35-25(30-19-2-1-7-33(13-19)20-14-34(15-20)26(36)37)29-18-5-3-17(4-6-18)22-12-21-23(31-22)27-16-28-24(21)32-8-10-38-11-9-32/h3-6,12,16,19-20H,1-2,7-11,13-15H2,(H,36,37)(H,27,28,31)(H2,29,30,35). The Morgan fingerprint density at radius 2 is 1.84 bits per heavy atom. The summed E-state index contributed by atoms with van der Waals surface area (Å²) >= 11 is 0. The SMILES string of the molecule is O=C(Nc1ccc(-c2cc3c(N4CCOCC4)ncnc3[nH]2)cc1)NC1CCCN(C2CN(C(=O)O)C2)C1. The lowest BCUT2D eigenvalue weighted by Crippen LogP contribution is -2.64. The summed E-state index contributed by atoms with van der Waals surface area (Å²) in [6.45, 7) is 5.74. The van der Waals surface area contributed by atoms with Gasteiger partial charge in [0.2, 0.25) is 0 Å². The molecule has 4 N–H and O–H groups in total. The molecule has 6 rings (SSSR count). The van der Waals surface area contributed by atoms with Crippen LogP contribution in [-0.4, -0.2) is 107 Å². The first-order chi connectivity index (χ1) is 18.5. The summed E-state index contributed by atoms with van der Waals surface area (Å²) < 4.78 is 5.47. The number of hydrogen-bond acceptors (Lipinski definition) is 7. The Bertz CT molecular complexity index is 1300. The van der Waals surface area contributed by atoms with Gasteiger partial charge in [-0.25, -0.2) is 19.6 Å². The van der Waals surface area contributed by atoms with Crippen LogP contribution in [-0.2, 0) is 4.74 Å². The van der Waals surface area contributed by atoms with Gasteiger partial charge in [0.25, 0.3) is 0 Å². The summed E-state index contributed by atoms with van der Waals surface area (Å²) in [4.78, 5) is 42.0. The number of piperidine rings is 1. The van der Waals surface area contributed by atoms with E-state index >= 15 is 0 Å². The molecule has 0 radical (unpaired) electrons. The van der Waals surface area contributed by atoms with Crippen LogP contribution in [0, 0.1) is 0 Å². The van der Waals surface area contributed by atoms with Crippen LogP contribution in [0.4, 0.5) is 21.1 Å². The van der Waals surface area contributed by atoms with Crippen molar-refractivity contribution in [2.75, 3.05) is 62.7 Å². The fraction of sp³-hybridized carbons (Fsp3) is 0.462. The van der Waals surface area contributed by atoms with Gasteiger partial charge in [0, 0.05) is 56.2 Å². The van der Waals surface area contributed by atoms with Crippen molar-refractivity contribution in [3.8, 4) is 11.3 Å². The van der Waals surface area contributed by atoms with E-state index in [4.69, 9.17) is 9.84 Å². The van der Waals surface area contributed by atoms with Crippen molar-refractivity contribution in [3.05, 3.63) is 36.7 Å². The number of likely N-dealkylation sites (tertiary alicyclic amines) is 2. The van der Waals surface area contributed by atoms with Gasteiger partial charge in [0.15, 0.2) is 0 Å². The molecule has 12 heteroatoms. The molecule has 0 spiro atoms. The molecule has 3 amide bonds. The van der Waals surface area contributed by atoms with Crippen molar-refractivity contribution < 1.29 is 19.4 Å². The fourth-order valence-corrected chi connectivity index (χ4v) is 5.49. The summed E-state index contributed by atoms with van der Waals surface area (Å²) in [6.07, 6.45) is 2.61. The summed E-state index contributed by atoms with van der Waals surface area (Å²) in [5, 5.41) is 16.1. The number of nitrogens with one attached hydrogen (secondary N) is 3. The molecule has 200 valence electrons. The number of aromatic amines is 1. The number of ether oxygens (including phenoxy) is 1. The highest BCUT2D eigenvalue weighted by atomic mass is 16.5. The second kappa shape index (κ2) is 10.5. The molecule has 0 saturated carbocycles. The van der Waals surface area contributed by atoms with E-state index < -0.39 is 6.09 Å². The second-order valence-corrected chi connectivity index (χ2v) is 10.1. The molecule has 0 bridgehead atoms. The van der Waals surface area contributed by atoms with Crippen molar-refractivity contribution in [2.45, 2.75) is 24.9 Å². The number of H-pyrrole nitrogens is 1. The van der Waals surface area contributed by atoms with Crippen LogP contribution in [0.3, 0.4) is 0 Å². The zero-order valence-corrected chi connectivity index (χ0v) is 21.1. The Hall–Kier alpha value is -3.90. The molecule has 3 fully saturated rings. The first kappa shape index (κ1) is 24.4. The number of rotatable bonds is 5. The van der Waals surface area contributed by atoms with E-state index in [9.17, 15) is 9.59 Å². The summed E-state index contributed by atoms with van der Waals surface area (Å²) in [7, 11) is 0. The number of fused-ring (bicyclic) bond motifs is 1. The van der Waals surface area contributed by atoms with Gasteiger partial charge in [-0.1, -0.05) is 12.1 Å².